The second kappa shape index (κ2) is 15.3. The van der Waals surface area contributed by atoms with Crippen molar-refractivity contribution in [3.05, 3.63) is 59.2 Å². The summed E-state index contributed by atoms with van der Waals surface area (Å²) in [6, 6.07) is 12.3. The van der Waals surface area contributed by atoms with Crippen molar-refractivity contribution < 1.29 is 32.6 Å². The predicted molar refractivity (Wildman–Crippen MR) is 167 cm³/mol. The molecule has 1 amide bonds. The molecule has 2 fully saturated rings. The standard InChI is InChI=1S/C33H46N2O7S/c1-23-9-7-8-12-28(23)30-17-25(13-14-29(30)32(36)34-31(33(37)38)15-16-43(3,39)40)19-35-20-27(41-2)18-26(35)22-42-21-24-10-5-4-6-11-24/h7-9,12-14,17,24,26-27,31H,4-6,10-11,15-16,18-22H2,1-3H3,(H,34,36)(H,37,38)/t26-,27?,31-/m0/s1. The highest BCUT2D eigenvalue weighted by atomic mass is 32.2. The van der Waals surface area contributed by atoms with Crippen molar-refractivity contribution in [2.24, 2.45) is 5.92 Å². The van der Waals surface area contributed by atoms with Crippen LogP contribution in [-0.4, -0.2) is 87.4 Å². The zero-order chi connectivity index (χ0) is 31.0. The first kappa shape index (κ1) is 33.1. The highest BCUT2D eigenvalue weighted by Crippen LogP contribution is 2.31. The number of sulfone groups is 1. The van der Waals surface area contributed by atoms with Gasteiger partial charge < -0.3 is 19.9 Å². The summed E-state index contributed by atoms with van der Waals surface area (Å²) < 4.78 is 35.2. The summed E-state index contributed by atoms with van der Waals surface area (Å²) in [5.74, 6) is -1.51. The van der Waals surface area contributed by atoms with Gasteiger partial charge in [-0.25, -0.2) is 13.2 Å². The molecule has 2 aromatic rings. The Bertz CT molecular complexity index is 1360. The van der Waals surface area contributed by atoms with Gasteiger partial charge in [0.25, 0.3) is 5.91 Å². The molecule has 4 rings (SSSR count). The molecule has 0 bridgehead atoms. The Morgan fingerprint density at radius 2 is 1.81 bits per heavy atom. The smallest absolute Gasteiger partial charge is 0.326 e. The van der Waals surface area contributed by atoms with Crippen molar-refractivity contribution in [3.8, 4) is 11.1 Å². The van der Waals surface area contributed by atoms with E-state index >= 15 is 0 Å². The largest absolute Gasteiger partial charge is 0.480 e. The third-order valence-corrected chi connectivity index (χ3v) is 9.72. The zero-order valence-corrected chi connectivity index (χ0v) is 26.4. The van der Waals surface area contributed by atoms with E-state index in [0.717, 1.165) is 42.5 Å². The van der Waals surface area contributed by atoms with Crippen LogP contribution in [0, 0.1) is 12.8 Å². The van der Waals surface area contributed by atoms with Gasteiger partial charge in [-0.05, 0) is 72.9 Å². The number of nitrogens with one attached hydrogen (secondary N) is 1. The van der Waals surface area contributed by atoms with E-state index in [9.17, 15) is 23.1 Å². The lowest BCUT2D eigenvalue weighted by Crippen LogP contribution is -2.42. The van der Waals surface area contributed by atoms with Crippen LogP contribution in [0.3, 0.4) is 0 Å². The van der Waals surface area contributed by atoms with Crippen molar-refractivity contribution in [2.45, 2.75) is 76.6 Å². The monoisotopic (exact) mass is 614 g/mol. The van der Waals surface area contributed by atoms with Gasteiger partial charge in [0.1, 0.15) is 15.9 Å². The average Bonchev–Trinajstić information content (AvgIpc) is 3.36. The van der Waals surface area contributed by atoms with Gasteiger partial charge in [0.15, 0.2) is 0 Å². The fourth-order valence-electron chi connectivity index (χ4n) is 6.25. The molecular weight excluding hydrogens is 568 g/mol. The van der Waals surface area contributed by atoms with Crippen LogP contribution in [0.1, 0.15) is 66.4 Å². The summed E-state index contributed by atoms with van der Waals surface area (Å²) in [5, 5.41) is 12.2. The molecule has 236 valence electrons. The molecule has 1 unspecified atom stereocenters. The number of methoxy groups -OCH3 is 1. The van der Waals surface area contributed by atoms with Crippen LogP contribution in [0.5, 0.6) is 0 Å². The summed E-state index contributed by atoms with van der Waals surface area (Å²) in [7, 11) is -1.64. The number of aliphatic carboxylic acids is 1. The molecule has 10 heteroatoms. The molecule has 2 N–H and O–H groups in total. The number of carboxylic acids is 1. The van der Waals surface area contributed by atoms with Crippen molar-refractivity contribution in [3.63, 3.8) is 0 Å². The molecule has 9 nitrogen and oxygen atoms in total. The predicted octanol–water partition coefficient (Wildman–Crippen LogP) is 4.47. The normalized spacial score (nSPS) is 20.6. The molecule has 1 aliphatic heterocycles. The van der Waals surface area contributed by atoms with Gasteiger partial charge >= 0.3 is 5.97 Å². The minimum atomic E-state index is -3.39. The van der Waals surface area contributed by atoms with Gasteiger partial charge in [-0.15, -0.1) is 0 Å². The summed E-state index contributed by atoms with van der Waals surface area (Å²) in [5.41, 5.74) is 3.92. The van der Waals surface area contributed by atoms with Gasteiger partial charge in [0, 0.05) is 44.7 Å². The van der Waals surface area contributed by atoms with E-state index in [1.807, 2.05) is 43.3 Å². The van der Waals surface area contributed by atoms with Crippen molar-refractivity contribution in [1.29, 1.82) is 0 Å². The van der Waals surface area contributed by atoms with Crippen LogP contribution >= 0.6 is 0 Å². The number of nitrogens with zero attached hydrogens (tertiary/aromatic N) is 1. The lowest BCUT2D eigenvalue weighted by Gasteiger charge is -2.26. The van der Waals surface area contributed by atoms with E-state index in [1.54, 1.807) is 13.2 Å². The number of carboxylic acid groups (broad SMARTS) is 1. The maximum absolute atomic E-state index is 13.5. The Morgan fingerprint density at radius 1 is 1.07 bits per heavy atom. The Hall–Kier alpha value is -2.79. The Morgan fingerprint density at radius 3 is 2.49 bits per heavy atom. The molecule has 1 heterocycles. The number of amides is 1. The molecular formula is C33H46N2O7S. The third-order valence-electron chi connectivity index (χ3n) is 8.74. The van der Waals surface area contributed by atoms with Crippen molar-refractivity contribution in [2.75, 3.05) is 38.9 Å². The van der Waals surface area contributed by atoms with Gasteiger partial charge in [0.05, 0.1) is 18.5 Å². The Balaban J connectivity index is 1.54. The Kier molecular flexibility index (Phi) is 11.8. The van der Waals surface area contributed by atoms with Crippen molar-refractivity contribution >= 4 is 21.7 Å². The third kappa shape index (κ3) is 9.60. The van der Waals surface area contributed by atoms with Crippen LogP contribution in [0.15, 0.2) is 42.5 Å². The van der Waals surface area contributed by atoms with E-state index in [1.165, 1.54) is 32.1 Å². The maximum Gasteiger partial charge on any atom is 0.326 e. The van der Waals surface area contributed by atoms with Gasteiger partial charge in [0.2, 0.25) is 0 Å². The van der Waals surface area contributed by atoms with Gasteiger partial charge in [-0.2, -0.15) is 0 Å². The highest BCUT2D eigenvalue weighted by molar-refractivity contribution is 7.90. The molecule has 3 atom stereocenters. The number of rotatable bonds is 14. The number of hydrogen-bond donors (Lipinski definition) is 2. The summed E-state index contributed by atoms with van der Waals surface area (Å²) >= 11 is 0. The number of benzene rings is 2. The number of carbonyl (C=O) groups excluding carboxylic acids is 1. The summed E-state index contributed by atoms with van der Waals surface area (Å²) in [6.45, 7) is 4.89. The maximum atomic E-state index is 13.5. The molecule has 43 heavy (non-hydrogen) atoms. The van der Waals surface area contributed by atoms with Crippen LogP contribution in [0.4, 0.5) is 0 Å². The SMILES string of the molecule is COC1C[C@@H](COCC2CCCCC2)N(Cc2ccc(C(=O)N[C@@H](CCS(C)(=O)=O)C(=O)O)c(-c3ccccc3C)c2)C1. The molecule has 2 aromatic carbocycles. The lowest BCUT2D eigenvalue weighted by atomic mass is 9.90. The number of ether oxygens (including phenoxy) is 2. The summed E-state index contributed by atoms with van der Waals surface area (Å²) in [4.78, 5) is 27.7. The molecule has 0 spiro atoms. The van der Waals surface area contributed by atoms with E-state index in [4.69, 9.17) is 9.47 Å². The number of carbonyl (C=O) groups is 2. The lowest BCUT2D eigenvalue weighted by molar-refractivity contribution is -0.139. The number of aryl methyl sites for hydroxylation is 1. The van der Waals surface area contributed by atoms with Gasteiger partial charge in [-0.1, -0.05) is 49.6 Å². The topological polar surface area (TPSA) is 122 Å². The summed E-state index contributed by atoms with van der Waals surface area (Å²) in [6.07, 6.45) is 8.29. The minimum Gasteiger partial charge on any atom is -0.480 e. The highest BCUT2D eigenvalue weighted by Gasteiger charge is 2.33. The molecule has 1 aliphatic carbocycles. The number of hydrogen-bond acceptors (Lipinski definition) is 7. The van der Waals surface area contributed by atoms with E-state index in [0.29, 0.717) is 30.2 Å². The van der Waals surface area contributed by atoms with E-state index in [-0.39, 0.29) is 24.3 Å². The van der Waals surface area contributed by atoms with E-state index < -0.39 is 27.8 Å². The zero-order valence-electron chi connectivity index (χ0n) is 25.6. The second-order valence-electron chi connectivity index (χ2n) is 12.2. The first-order valence-electron chi connectivity index (χ1n) is 15.3. The van der Waals surface area contributed by atoms with Gasteiger partial charge in [-0.3, -0.25) is 9.69 Å². The first-order valence-corrected chi connectivity index (χ1v) is 17.3. The van der Waals surface area contributed by atoms with Crippen LogP contribution in [0.2, 0.25) is 0 Å². The molecule has 1 saturated carbocycles. The number of likely N-dealkylation sites (tertiary alicyclic amines) is 1. The fourth-order valence-corrected chi connectivity index (χ4v) is 6.91. The second-order valence-corrected chi connectivity index (χ2v) is 14.5. The molecule has 0 aromatic heterocycles. The quantitative estimate of drug-likeness (QED) is 0.320. The Labute approximate surface area is 255 Å². The van der Waals surface area contributed by atoms with Crippen LogP contribution < -0.4 is 5.32 Å². The molecule has 0 radical (unpaired) electrons. The fraction of sp³-hybridized carbons (Fsp3) is 0.576. The van der Waals surface area contributed by atoms with Crippen LogP contribution in [0.25, 0.3) is 11.1 Å². The average molecular weight is 615 g/mol. The van der Waals surface area contributed by atoms with Crippen LogP contribution in [-0.2, 0) is 30.7 Å². The first-order chi connectivity index (χ1) is 20.5. The minimum absolute atomic E-state index is 0.129. The molecule has 2 aliphatic rings. The molecule has 1 saturated heterocycles. The van der Waals surface area contributed by atoms with Crippen molar-refractivity contribution in [1.82, 2.24) is 10.2 Å². The van der Waals surface area contributed by atoms with E-state index in [2.05, 4.69) is 10.2 Å².